The topological polar surface area (TPSA) is 85.4 Å². The van der Waals surface area contributed by atoms with Crippen molar-refractivity contribution in [3.05, 3.63) is 65.6 Å². The van der Waals surface area contributed by atoms with E-state index in [1.54, 1.807) is 12.1 Å². The van der Waals surface area contributed by atoms with Crippen LogP contribution in [0.1, 0.15) is 47.7 Å². The number of hydrogen-bond acceptors (Lipinski definition) is 6. The minimum atomic E-state index is -0.262. The van der Waals surface area contributed by atoms with Crippen molar-refractivity contribution in [2.45, 2.75) is 39.4 Å². The fourth-order valence-electron chi connectivity index (χ4n) is 3.72. The zero-order chi connectivity index (χ0) is 20.9. The number of fused-ring (bicyclic) bond motifs is 1. The molecule has 30 heavy (non-hydrogen) atoms. The predicted octanol–water partition coefficient (Wildman–Crippen LogP) is 2.82. The van der Waals surface area contributed by atoms with Crippen LogP contribution in [0.5, 0.6) is 5.75 Å². The van der Waals surface area contributed by atoms with Gasteiger partial charge in [0.25, 0.3) is 5.91 Å². The summed E-state index contributed by atoms with van der Waals surface area (Å²) in [6.45, 7) is 8.05. The summed E-state index contributed by atoms with van der Waals surface area (Å²) in [4.78, 5) is 14.7. The van der Waals surface area contributed by atoms with E-state index in [0.29, 0.717) is 12.4 Å². The molecule has 0 radical (unpaired) electrons. The van der Waals surface area contributed by atoms with Gasteiger partial charge in [0.05, 0.1) is 18.9 Å². The van der Waals surface area contributed by atoms with Gasteiger partial charge in [-0.25, -0.2) is 0 Å². The van der Waals surface area contributed by atoms with Crippen LogP contribution in [0.4, 0.5) is 0 Å². The molecule has 0 saturated carbocycles. The van der Waals surface area contributed by atoms with E-state index in [9.17, 15) is 4.79 Å². The maximum Gasteiger partial charge on any atom is 0.287 e. The van der Waals surface area contributed by atoms with Crippen molar-refractivity contribution < 1.29 is 13.9 Å². The van der Waals surface area contributed by atoms with E-state index in [-0.39, 0.29) is 11.9 Å². The minimum Gasteiger partial charge on any atom is -0.494 e. The molecule has 158 valence electrons. The minimum absolute atomic E-state index is 0.254. The number of benzene rings is 1. The number of furan rings is 1. The van der Waals surface area contributed by atoms with Crippen LogP contribution >= 0.6 is 0 Å². The first-order chi connectivity index (χ1) is 14.6. The molecule has 4 rings (SSSR count). The molecule has 0 aliphatic carbocycles. The second kappa shape index (κ2) is 9.13. The Labute approximate surface area is 175 Å². The fourth-order valence-corrected chi connectivity index (χ4v) is 3.72. The molecular formula is C22H27N5O3. The third-order valence-electron chi connectivity index (χ3n) is 5.27. The SMILES string of the molecule is CCOc1ccc(CN2CCc3nnc([C@H](C)NC(=O)c4ccco4)n3CC2)cc1. The Bertz CT molecular complexity index is 965. The lowest BCUT2D eigenvalue weighted by molar-refractivity contribution is 0.0909. The lowest BCUT2D eigenvalue weighted by Crippen LogP contribution is -2.30. The standard InChI is InChI=1S/C22H27N5O3/c1-3-29-18-8-6-17(7-9-18)15-26-11-10-20-24-25-21(27(20)13-12-26)16(2)23-22(28)19-5-4-14-30-19/h4-9,14,16H,3,10-13,15H2,1-2H3,(H,23,28)/t16-/m0/s1. The Balaban J connectivity index is 1.38. The average molecular weight is 409 g/mol. The number of nitrogens with zero attached hydrogens (tertiary/aromatic N) is 4. The van der Waals surface area contributed by atoms with Crippen molar-refractivity contribution in [3.8, 4) is 5.75 Å². The van der Waals surface area contributed by atoms with Crippen molar-refractivity contribution >= 4 is 5.91 Å². The summed E-state index contributed by atoms with van der Waals surface area (Å²) in [6, 6.07) is 11.4. The van der Waals surface area contributed by atoms with Crippen molar-refractivity contribution in [1.82, 2.24) is 25.0 Å². The van der Waals surface area contributed by atoms with Crippen molar-refractivity contribution in [2.75, 3.05) is 19.7 Å². The van der Waals surface area contributed by atoms with Crippen LogP contribution in [0, 0.1) is 0 Å². The van der Waals surface area contributed by atoms with Crippen LogP contribution < -0.4 is 10.1 Å². The van der Waals surface area contributed by atoms with Crippen molar-refractivity contribution in [3.63, 3.8) is 0 Å². The van der Waals surface area contributed by atoms with E-state index >= 15 is 0 Å². The van der Waals surface area contributed by atoms with Gasteiger partial charge in [0.15, 0.2) is 11.6 Å². The number of rotatable bonds is 7. The molecule has 1 aliphatic rings. The first kappa shape index (κ1) is 20.2. The lowest BCUT2D eigenvalue weighted by Gasteiger charge is -2.20. The first-order valence-corrected chi connectivity index (χ1v) is 10.3. The van der Waals surface area contributed by atoms with Gasteiger partial charge < -0.3 is 19.0 Å². The number of carbonyl (C=O) groups excluding carboxylic acids is 1. The fraction of sp³-hybridized carbons (Fsp3) is 0.409. The van der Waals surface area contributed by atoms with Crippen LogP contribution in [0.15, 0.2) is 47.1 Å². The molecule has 0 fully saturated rings. The lowest BCUT2D eigenvalue weighted by atomic mass is 10.2. The summed E-state index contributed by atoms with van der Waals surface area (Å²) >= 11 is 0. The second-order valence-electron chi connectivity index (χ2n) is 7.40. The molecule has 3 aromatic rings. The van der Waals surface area contributed by atoms with Gasteiger partial charge in [0.1, 0.15) is 11.6 Å². The molecule has 1 aliphatic heterocycles. The highest BCUT2D eigenvalue weighted by Crippen LogP contribution is 2.18. The van der Waals surface area contributed by atoms with E-state index in [0.717, 1.165) is 50.0 Å². The maximum absolute atomic E-state index is 12.3. The molecule has 8 nitrogen and oxygen atoms in total. The molecule has 1 atom stereocenters. The molecule has 0 unspecified atom stereocenters. The Kier molecular flexibility index (Phi) is 6.13. The summed E-state index contributed by atoms with van der Waals surface area (Å²) in [5.41, 5.74) is 1.26. The zero-order valence-electron chi connectivity index (χ0n) is 17.4. The monoisotopic (exact) mass is 409 g/mol. The molecule has 1 aromatic carbocycles. The average Bonchev–Trinajstić information content (AvgIpc) is 3.38. The highest BCUT2D eigenvalue weighted by molar-refractivity contribution is 5.91. The van der Waals surface area contributed by atoms with E-state index in [1.165, 1.54) is 11.8 Å². The largest absolute Gasteiger partial charge is 0.494 e. The molecule has 1 amide bonds. The number of amides is 1. The summed E-state index contributed by atoms with van der Waals surface area (Å²) in [5, 5.41) is 11.7. The summed E-state index contributed by atoms with van der Waals surface area (Å²) in [7, 11) is 0. The van der Waals surface area contributed by atoms with Crippen LogP contribution in [0.3, 0.4) is 0 Å². The molecule has 0 bridgehead atoms. The predicted molar refractivity (Wildman–Crippen MR) is 111 cm³/mol. The van der Waals surface area contributed by atoms with E-state index in [4.69, 9.17) is 9.15 Å². The van der Waals surface area contributed by atoms with Gasteiger partial charge in [-0.05, 0) is 43.7 Å². The number of nitrogens with one attached hydrogen (secondary N) is 1. The maximum atomic E-state index is 12.3. The van der Waals surface area contributed by atoms with Gasteiger partial charge in [0, 0.05) is 32.6 Å². The number of carbonyl (C=O) groups is 1. The van der Waals surface area contributed by atoms with Crippen LogP contribution in [-0.2, 0) is 19.5 Å². The first-order valence-electron chi connectivity index (χ1n) is 10.3. The molecule has 1 N–H and O–H groups in total. The van der Waals surface area contributed by atoms with Gasteiger partial charge in [-0.15, -0.1) is 10.2 Å². The summed E-state index contributed by atoms with van der Waals surface area (Å²) in [6.07, 6.45) is 2.31. The Morgan fingerprint density at radius 3 is 2.77 bits per heavy atom. The molecule has 2 aromatic heterocycles. The Morgan fingerprint density at radius 1 is 1.20 bits per heavy atom. The smallest absolute Gasteiger partial charge is 0.287 e. The van der Waals surface area contributed by atoms with E-state index in [2.05, 4.69) is 37.1 Å². The molecule has 0 spiro atoms. The quantitative estimate of drug-likeness (QED) is 0.646. The van der Waals surface area contributed by atoms with E-state index in [1.807, 2.05) is 26.0 Å². The van der Waals surface area contributed by atoms with Crippen LogP contribution in [-0.4, -0.2) is 45.3 Å². The zero-order valence-corrected chi connectivity index (χ0v) is 17.4. The Morgan fingerprint density at radius 2 is 2.03 bits per heavy atom. The molecular weight excluding hydrogens is 382 g/mol. The Hall–Kier alpha value is -3.13. The van der Waals surface area contributed by atoms with Gasteiger partial charge in [0.2, 0.25) is 0 Å². The molecule has 0 saturated heterocycles. The van der Waals surface area contributed by atoms with E-state index < -0.39 is 0 Å². The highest BCUT2D eigenvalue weighted by Gasteiger charge is 2.23. The summed E-state index contributed by atoms with van der Waals surface area (Å²) in [5.74, 6) is 2.67. The van der Waals surface area contributed by atoms with Gasteiger partial charge in [-0.3, -0.25) is 9.69 Å². The highest BCUT2D eigenvalue weighted by atomic mass is 16.5. The third kappa shape index (κ3) is 4.54. The summed E-state index contributed by atoms with van der Waals surface area (Å²) < 4.78 is 12.8. The van der Waals surface area contributed by atoms with Crippen LogP contribution in [0.25, 0.3) is 0 Å². The number of ether oxygens (including phenoxy) is 1. The molecule has 3 heterocycles. The van der Waals surface area contributed by atoms with Gasteiger partial charge >= 0.3 is 0 Å². The van der Waals surface area contributed by atoms with Crippen molar-refractivity contribution in [1.29, 1.82) is 0 Å². The van der Waals surface area contributed by atoms with Gasteiger partial charge in [-0.1, -0.05) is 12.1 Å². The number of hydrogen-bond donors (Lipinski definition) is 1. The third-order valence-corrected chi connectivity index (χ3v) is 5.27. The normalized spacial score (nSPS) is 15.3. The van der Waals surface area contributed by atoms with Crippen molar-refractivity contribution in [2.24, 2.45) is 0 Å². The number of aromatic nitrogens is 3. The molecule has 8 heteroatoms. The van der Waals surface area contributed by atoms with Gasteiger partial charge in [-0.2, -0.15) is 0 Å². The van der Waals surface area contributed by atoms with Crippen LogP contribution in [0.2, 0.25) is 0 Å². The second-order valence-corrected chi connectivity index (χ2v) is 7.40.